The number of anilines is 2. The van der Waals surface area contributed by atoms with Crippen LogP contribution in [0.25, 0.3) is 21.6 Å². The standard InChI is InChI=1S/C21H26N6O4/c22-27-25-6-8-30-10-12-31-11-9-29-7-5-24-20-14-17(3-4-23-20)16-1-2-19-18(13-16)15-21(28)26-19/h1-4,13-14H,5-12,15H2,(H,23,24)(H,26,28). The molecule has 10 nitrogen and oxygen atoms in total. The number of nitrogens with one attached hydrogen (secondary N) is 2. The first-order valence-electron chi connectivity index (χ1n) is 10.1. The van der Waals surface area contributed by atoms with E-state index in [2.05, 4.69) is 25.6 Å². The first kappa shape index (κ1) is 22.5. The molecule has 0 bridgehead atoms. The van der Waals surface area contributed by atoms with Gasteiger partial charge in [0.25, 0.3) is 0 Å². The summed E-state index contributed by atoms with van der Waals surface area (Å²) < 4.78 is 16.2. The fourth-order valence-electron chi connectivity index (χ4n) is 3.06. The average molecular weight is 426 g/mol. The molecule has 0 saturated heterocycles. The molecule has 1 aliphatic heterocycles. The highest BCUT2D eigenvalue weighted by atomic mass is 16.5. The molecular weight excluding hydrogens is 400 g/mol. The van der Waals surface area contributed by atoms with Crippen molar-refractivity contribution in [3.05, 3.63) is 52.5 Å². The van der Waals surface area contributed by atoms with E-state index in [0.29, 0.717) is 59.2 Å². The number of carbonyl (C=O) groups is 1. The van der Waals surface area contributed by atoms with Crippen molar-refractivity contribution in [1.82, 2.24) is 4.98 Å². The third-order valence-electron chi connectivity index (χ3n) is 4.52. The smallest absolute Gasteiger partial charge is 0.228 e. The Kier molecular flexibility index (Phi) is 9.08. The van der Waals surface area contributed by atoms with E-state index in [1.807, 2.05) is 30.3 Å². The molecule has 10 heteroatoms. The second-order valence-corrected chi connectivity index (χ2v) is 6.75. The highest BCUT2D eigenvalue weighted by molar-refractivity contribution is 5.99. The molecule has 2 N–H and O–H groups in total. The molecule has 0 saturated carbocycles. The third kappa shape index (κ3) is 7.54. The van der Waals surface area contributed by atoms with Crippen molar-refractivity contribution < 1.29 is 19.0 Å². The van der Waals surface area contributed by atoms with Gasteiger partial charge in [-0.05, 0) is 46.5 Å². The van der Waals surface area contributed by atoms with Gasteiger partial charge in [-0.2, -0.15) is 0 Å². The number of ether oxygens (including phenoxy) is 3. The number of aromatic nitrogens is 1. The lowest BCUT2D eigenvalue weighted by atomic mass is 10.0. The number of carbonyl (C=O) groups excluding carboxylic acids is 1. The first-order chi connectivity index (χ1) is 15.3. The van der Waals surface area contributed by atoms with Gasteiger partial charge in [0.15, 0.2) is 0 Å². The SMILES string of the molecule is [N-]=[N+]=NCCOCCOCCOCCNc1cc(-c2ccc3c(c2)CC(=O)N3)ccn1. The van der Waals surface area contributed by atoms with Crippen molar-refractivity contribution in [3.8, 4) is 11.1 Å². The third-order valence-corrected chi connectivity index (χ3v) is 4.52. The van der Waals surface area contributed by atoms with Crippen LogP contribution < -0.4 is 10.6 Å². The van der Waals surface area contributed by atoms with Crippen LogP contribution in [0.5, 0.6) is 0 Å². The van der Waals surface area contributed by atoms with Gasteiger partial charge in [-0.3, -0.25) is 4.79 Å². The minimum absolute atomic E-state index is 0.0326. The lowest BCUT2D eigenvalue weighted by Crippen LogP contribution is -2.14. The van der Waals surface area contributed by atoms with Crippen LogP contribution in [-0.2, 0) is 25.4 Å². The number of nitrogens with zero attached hydrogens (tertiary/aromatic N) is 4. The van der Waals surface area contributed by atoms with E-state index in [1.54, 1.807) is 6.20 Å². The van der Waals surface area contributed by atoms with Gasteiger partial charge in [0.1, 0.15) is 5.82 Å². The number of hydrogen-bond donors (Lipinski definition) is 2. The monoisotopic (exact) mass is 426 g/mol. The van der Waals surface area contributed by atoms with Crippen molar-refractivity contribution in [2.24, 2.45) is 5.11 Å². The van der Waals surface area contributed by atoms with Crippen LogP contribution in [0.3, 0.4) is 0 Å². The summed E-state index contributed by atoms with van der Waals surface area (Å²) >= 11 is 0. The molecule has 0 spiro atoms. The molecule has 0 unspecified atom stereocenters. The van der Waals surface area contributed by atoms with Crippen LogP contribution in [0, 0.1) is 0 Å². The zero-order valence-electron chi connectivity index (χ0n) is 17.2. The first-order valence-corrected chi connectivity index (χ1v) is 10.1. The van der Waals surface area contributed by atoms with Gasteiger partial charge in [0.2, 0.25) is 5.91 Å². The van der Waals surface area contributed by atoms with Crippen LogP contribution >= 0.6 is 0 Å². The van der Waals surface area contributed by atoms with E-state index >= 15 is 0 Å². The second-order valence-electron chi connectivity index (χ2n) is 6.75. The molecule has 1 aromatic carbocycles. The molecule has 3 rings (SSSR count). The number of pyridine rings is 1. The lowest BCUT2D eigenvalue weighted by molar-refractivity contribution is -0.115. The topological polar surface area (TPSA) is 130 Å². The Morgan fingerprint density at radius 3 is 2.58 bits per heavy atom. The zero-order chi connectivity index (χ0) is 21.7. The number of amides is 1. The summed E-state index contributed by atoms with van der Waals surface area (Å²) in [4.78, 5) is 18.5. The quantitative estimate of drug-likeness (QED) is 0.207. The van der Waals surface area contributed by atoms with Gasteiger partial charge in [-0.15, -0.1) is 0 Å². The van der Waals surface area contributed by atoms with Crippen molar-refractivity contribution in [2.75, 3.05) is 63.4 Å². The van der Waals surface area contributed by atoms with Gasteiger partial charge >= 0.3 is 0 Å². The van der Waals surface area contributed by atoms with Crippen molar-refractivity contribution in [3.63, 3.8) is 0 Å². The van der Waals surface area contributed by atoms with Crippen LogP contribution in [0.4, 0.5) is 11.5 Å². The molecule has 0 fully saturated rings. The van der Waals surface area contributed by atoms with Crippen molar-refractivity contribution >= 4 is 17.4 Å². The number of benzene rings is 1. The van der Waals surface area contributed by atoms with Crippen LogP contribution in [-0.4, -0.2) is 63.6 Å². The van der Waals surface area contributed by atoms with Gasteiger partial charge < -0.3 is 24.8 Å². The summed E-state index contributed by atoms with van der Waals surface area (Å²) in [6.45, 7) is 3.80. The Morgan fingerprint density at radius 1 is 1.03 bits per heavy atom. The minimum Gasteiger partial charge on any atom is -0.379 e. The zero-order valence-corrected chi connectivity index (χ0v) is 17.2. The number of rotatable bonds is 14. The summed E-state index contributed by atoms with van der Waals surface area (Å²) in [5.41, 5.74) is 12.1. The van der Waals surface area contributed by atoms with Crippen LogP contribution in [0.2, 0.25) is 0 Å². The fraction of sp³-hybridized carbons (Fsp3) is 0.429. The Hall–Kier alpha value is -3.17. The highest BCUT2D eigenvalue weighted by Crippen LogP contribution is 2.29. The summed E-state index contributed by atoms with van der Waals surface area (Å²) in [5.74, 6) is 0.801. The second kappa shape index (κ2) is 12.5. The summed E-state index contributed by atoms with van der Waals surface area (Å²) in [6.07, 6.45) is 2.18. The Morgan fingerprint density at radius 2 is 1.77 bits per heavy atom. The molecule has 0 radical (unpaired) electrons. The Labute approximate surface area is 180 Å². The van der Waals surface area contributed by atoms with Gasteiger partial charge in [0.05, 0.1) is 46.1 Å². The van der Waals surface area contributed by atoms with Gasteiger partial charge in [-0.25, -0.2) is 4.98 Å². The minimum atomic E-state index is 0.0326. The lowest BCUT2D eigenvalue weighted by Gasteiger charge is -2.09. The predicted molar refractivity (Wildman–Crippen MR) is 117 cm³/mol. The van der Waals surface area contributed by atoms with E-state index in [1.165, 1.54) is 0 Å². The largest absolute Gasteiger partial charge is 0.379 e. The summed E-state index contributed by atoms with van der Waals surface area (Å²) in [7, 11) is 0. The molecule has 1 aliphatic rings. The maximum Gasteiger partial charge on any atom is 0.228 e. The average Bonchev–Trinajstić information content (AvgIpc) is 3.16. The molecule has 1 aromatic heterocycles. The number of fused-ring (bicyclic) bond motifs is 1. The molecule has 1 amide bonds. The van der Waals surface area contributed by atoms with E-state index in [9.17, 15) is 4.79 Å². The molecular formula is C21H26N6O4. The summed E-state index contributed by atoms with van der Waals surface area (Å²) in [6, 6.07) is 9.91. The molecule has 0 atom stereocenters. The fourth-order valence-corrected chi connectivity index (χ4v) is 3.06. The highest BCUT2D eigenvalue weighted by Gasteiger charge is 2.17. The van der Waals surface area contributed by atoms with E-state index in [-0.39, 0.29) is 5.91 Å². The summed E-state index contributed by atoms with van der Waals surface area (Å²) in [5, 5.41) is 9.48. The van der Waals surface area contributed by atoms with Crippen LogP contribution in [0.1, 0.15) is 5.56 Å². The van der Waals surface area contributed by atoms with E-state index < -0.39 is 0 Å². The molecule has 2 heterocycles. The Balaban J connectivity index is 1.29. The number of hydrogen-bond acceptors (Lipinski definition) is 7. The van der Waals surface area contributed by atoms with Crippen molar-refractivity contribution in [2.45, 2.75) is 6.42 Å². The van der Waals surface area contributed by atoms with E-state index in [4.69, 9.17) is 19.7 Å². The van der Waals surface area contributed by atoms with Gasteiger partial charge in [0, 0.05) is 29.9 Å². The van der Waals surface area contributed by atoms with Crippen molar-refractivity contribution in [1.29, 1.82) is 0 Å². The number of azide groups is 1. The molecule has 31 heavy (non-hydrogen) atoms. The molecule has 2 aromatic rings. The normalized spacial score (nSPS) is 12.2. The Bertz CT molecular complexity index is 916. The van der Waals surface area contributed by atoms with Crippen LogP contribution in [0.15, 0.2) is 41.6 Å². The molecule has 164 valence electrons. The maximum atomic E-state index is 11.5. The van der Waals surface area contributed by atoms with Gasteiger partial charge in [-0.1, -0.05) is 11.2 Å². The maximum absolute atomic E-state index is 11.5. The van der Waals surface area contributed by atoms with E-state index in [0.717, 1.165) is 28.2 Å². The predicted octanol–water partition coefficient (Wildman–Crippen LogP) is 3.02. The molecule has 0 aliphatic carbocycles.